The van der Waals surface area contributed by atoms with Gasteiger partial charge in [-0.25, -0.2) is 0 Å². The van der Waals surface area contributed by atoms with Crippen molar-refractivity contribution in [2.75, 3.05) is 33.7 Å². The molecule has 18 heavy (non-hydrogen) atoms. The number of nitrogens with two attached hydrogens (primary N) is 1. The third kappa shape index (κ3) is 4.58. The molecule has 4 nitrogen and oxygen atoms in total. The van der Waals surface area contributed by atoms with Crippen LogP contribution in [0.4, 0.5) is 0 Å². The molecule has 4 heteroatoms. The smallest absolute Gasteiger partial charge is 0.0963 e. The van der Waals surface area contributed by atoms with Crippen molar-refractivity contribution in [1.29, 1.82) is 5.41 Å². The van der Waals surface area contributed by atoms with E-state index >= 15 is 0 Å². The molecule has 0 radical (unpaired) electrons. The van der Waals surface area contributed by atoms with E-state index in [4.69, 9.17) is 11.1 Å². The monoisotopic (exact) mass is 254 g/mol. The van der Waals surface area contributed by atoms with Gasteiger partial charge in [0.25, 0.3) is 0 Å². The maximum absolute atomic E-state index is 7.57. The van der Waals surface area contributed by atoms with Crippen molar-refractivity contribution in [3.63, 3.8) is 0 Å². The second kappa shape index (κ2) is 6.53. The van der Waals surface area contributed by atoms with Crippen LogP contribution < -0.4 is 5.73 Å². The van der Waals surface area contributed by atoms with Gasteiger partial charge in [-0.3, -0.25) is 5.41 Å². The van der Waals surface area contributed by atoms with E-state index in [9.17, 15) is 0 Å². The van der Waals surface area contributed by atoms with Crippen LogP contribution >= 0.6 is 0 Å². The van der Waals surface area contributed by atoms with Crippen LogP contribution in [0.5, 0.6) is 0 Å². The van der Waals surface area contributed by atoms with Gasteiger partial charge in [0.1, 0.15) is 0 Å². The predicted octanol–water partition coefficient (Wildman–Crippen LogP) is 1.75. The van der Waals surface area contributed by atoms with Gasteiger partial charge in [0.05, 0.1) is 5.84 Å². The summed E-state index contributed by atoms with van der Waals surface area (Å²) in [5, 5.41) is 7.57. The SMILES string of the molecule is CN(C)C1CCCN(CCCC(C)(C)C(=N)N)C1. The van der Waals surface area contributed by atoms with Crippen molar-refractivity contribution in [2.24, 2.45) is 11.1 Å². The molecule has 0 aromatic heterocycles. The lowest BCUT2D eigenvalue weighted by Crippen LogP contribution is -2.45. The Morgan fingerprint density at radius 3 is 2.67 bits per heavy atom. The Bertz CT molecular complexity index is 273. The zero-order valence-electron chi connectivity index (χ0n) is 12.5. The molecule has 0 spiro atoms. The van der Waals surface area contributed by atoms with Gasteiger partial charge in [-0.2, -0.15) is 0 Å². The Balaban J connectivity index is 2.29. The van der Waals surface area contributed by atoms with Crippen molar-refractivity contribution in [2.45, 2.75) is 45.6 Å². The molecular weight excluding hydrogens is 224 g/mol. The van der Waals surface area contributed by atoms with Gasteiger partial charge in [0, 0.05) is 18.0 Å². The van der Waals surface area contributed by atoms with Crippen LogP contribution in [0, 0.1) is 10.8 Å². The maximum atomic E-state index is 7.57. The standard InChI is InChI=1S/C14H30N4/c1-14(2,13(15)16)8-6-10-18-9-5-7-12(11-18)17(3)4/h12H,5-11H2,1-4H3,(H3,15,16). The number of likely N-dealkylation sites (tertiary alicyclic amines) is 1. The summed E-state index contributed by atoms with van der Waals surface area (Å²) in [6.45, 7) is 7.68. The van der Waals surface area contributed by atoms with Crippen LogP contribution in [0.2, 0.25) is 0 Å². The number of nitrogens with zero attached hydrogens (tertiary/aromatic N) is 2. The number of likely N-dealkylation sites (N-methyl/N-ethyl adjacent to an activating group) is 1. The van der Waals surface area contributed by atoms with E-state index in [2.05, 4.69) is 37.7 Å². The first-order valence-corrected chi connectivity index (χ1v) is 7.06. The zero-order valence-corrected chi connectivity index (χ0v) is 12.5. The first kappa shape index (κ1) is 15.4. The summed E-state index contributed by atoms with van der Waals surface area (Å²) in [5.41, 5.74) is 5.47. The summed E-state index contributed by atoms with van der Waals surface area (Å²) in [7, 11) is 4.35. The molecule has 1 unspecified atom stereocenters. The lowest BCUT2D eigenvalue weighted by atomic mass is 9.86. The maximum Gasteiger partial charge on any atom is 0.0963 e. The molecule has 1 rings (SSSR count). The minimum Gasteiger partial charge on any atom is -0.387 e. The Hall–Kier alpha value is -0.610. The van der Waals surface area contributed by atoms with E-state index in [1.54, 1.807) is 0 Å². The third-order valence-electron chi connectivity index (χ3n) is 4.22. The molecule has 3 N–H and O–H groups in total. The highest BCUT2D eigenvalue weighted by molar-refractivity contribution is 5.82. The van der Waals surface area contributed by atoms with Crippen molar-refractivity contribution < 1.29 is 0 Å². The van der Waals surface area contributed by atoms with Crippen LogP contribution in [-0.2, 0) is 0 Å². The summed E-state index contributed by atoms with van der Waals surface area (Å²) < 4.78 is 0. The van der Waals surface area contributed by atoms with Gasteiger partial charge < -0.3 is 15.5 Å². The summed E-state index contributed by atoms with van der Waals surface area (Å²) in [6, 6.07) is 0.708. The molecule has 1 aliphatic rings. The zero-order chi connectivity index (χ0) is 13.8. The van der Waals surface area contributed by atoms with Gasteiger partial charge in [0.15, 0.2) is 0 Å². The molecule has 0 aromatic carbocycles. The van der Waals surface area contributed by atoms with E-state index < -0.39 is 0 Å². The number of hydrogen-bond acceptors (Lipinski definition) is 3. The topological polar surface area (TPSA) is 56.4 Å². The Morgan fingerprint density at radius 1 is 1.44 bits per heavy atom. The predicted molar refractivity (Wildman–Crippen MR) is 78.1 cm³/mol. The Kier molecular flexibility index (Phi) is 5.60. The highest BCUT2D eigenvalue weighted by Crippen LogP contribution is 2.22. The minimum atomic E-state index is -0.142. The highest BCUT2D eigenvalue weighted by atomic mass is 15.2. The summed E-state index contributed by atoms with van der Waals surface area (Å²) >= 11 is 0. The van der Waals surface area contributed by atoms with Gasteiger partial charge in [-0.05, 0) is 52.9 Å². The lowest BCUT2D eigenvalue weighted by Gasteiger charge is -2.36. The number of amidine groups is 1. The van der Waals surface area contributed by atoms with Crippen molar-refractivity contribution in [3.05, 3.63) is 0 Å². The summed E-state index contributed by atoms with van der Waals surface area (Å²) in [4.78, 5) is 4.90. The molecule has 0 aliphatic carbocycles. The molecule has 1 heterocycles. The van der Waals surface area contributed by atoms with Crippen LogP contribution in [0.1, 0.15) is 39.5 Å². The molecule has 106 valence electrons. The van der Waals surface area contributed by atoms with Gasteiger partial charge >= 0.3 is 0 Å². The number of rotatable bonds is 6. The van der Waals surface area contributed by atoms with Crippen LogP contribution in [0.3, 0.4) is 0 Å². The molecule has 1 fully saturated rings. The molecule has 0 bridgehead atoms. The molecular formula is C14H30N4. The van der Waals surface area contributed by atoms with Crippen LogP contribution in [0.15, 0.2) is 0 Å². The summed E-state index contributed by atoms with van der Waals surface area (Å²) in [6.07, 6.45) is 4.76. The second-order valence-electron chi connectivity index (χ2n) is 6.46. The molecule has 1 aliphatic heterocycles. The van der Waals surface area contributed by atoms with E-state index in [0.717, 1.165) is 19.4 Å². The van der Waals surface area contributed by atoms with Crippen LogP contribution in [0.25, 0.3) is 0 Å². The van der Waals surface area contributed by atoms with Crippen LogP contribution in [-0.4, -0.2) is 55.4 Å². The Labute approximate surface area is 112 Å². The first-order chi connectivity index (χ1) is 8.33. The molecule has 1 saturated heterocycles. The van der Waals surface area contributed by atoms with E-state index in [0.29, 0.717) is 11.9 Å². The quantitative estimate of drug-likeness (QED) is 0.561. The van der Waals surface area contributed by atoms with E-state index in [-0.39, 0.29) is 5.41 Å². The average Bonchev–Trinajstić information content (AvgIpc) is 2.29. The van der Waals surface area contributed by atoms with E-state index in [1.165, 1.54) is 25.9 Å². The van der Waals surface area contributed by atoms with Gasteiger partial charge in [0.2, 0.25) is 0 Å². The fourth-order valence-corrected chi connectivity index (χ4v) is 2.53. The fraction of sp³-hybridized carbons (Fsp3) is 0.929. The molecule has 0 amide bonds. The number of nitrogens with one attached hydrogen (secondary N) is 1. The fourth-order valence-electron chi connectivity index (χ4n) is 2.53. The molecule has 0 saturated carbocycles. The van der Waals surface area contributed by atoms with Crippen molar-refractivity contribution in [3.8, 4) is 0 Å². The number of hydrogen-bond donors (Lipinski definition) is 2. The second-order valence-corrected chi connectivity index (χ2v) is 6.46. The summed E-state index contributed by atoms with van der Waals surface area (Å²) in [5.74, 6) is 0.312. The molecule has 0 aromatic rings. The highest BCUT2D eigenvalue weighted by Gasteiger charge is 2.24. The molecule has 1 atom stereocenters. The average molecular weight is 254 g/mol. The van der Waals surface area contributed by atoms with Gasteiger partial charge in [-0.15, -0.1) is 0 Å². The lowest BCUT2D eigenvalue weighted by molar-refractivity contribution is 0.129. The van der Waals surface area contributed by atoms with Gasteiger partial charge in [-0.1, -0.05) is 13.8 Å². The first-order valence-electron chi connectivity index (χ1n) is 7.06. The minimum absolute atomic E-state index is 0.142. The largest absolute Gasteiger partial charge is 0.387 e. The van der Waals surface area contributed by atoms with Crippen molar-refractivity contribution in [1.82, 2.24) is 9.80 Å². The third-order valence-corrected chi connectivity index (χ3v) is 4.22. The Morgan fingerprint density at radius 2 is 2.11 bits per heavy atom. The number of piperidine rings is 1. The van der Waals surface area contributed by atoms with E-state index in [1.807, 2.05) is 0 Å². The van der Waals surface area contributed by atoms with Crippen molar-refractivity contribution >= 4 is 5.84 Å². The normalized spacial score (nSPS) is 22.4.